The Labute approximate surface area is 179 Å². The van der Waals surface area contributed by atoms with E-state index < -0.39 is 0 Å². The summed E-state index contributed by atoms with van der Waals surface area (Å²) in [6.45, 7) is 6.53. The summed E-state index contributed by atoms with van der Waals surface area (Å²) in [7, 11) is 1.93. The molecule has 0 fully saturated rings. The number of aromatic nitrogens is 4. The normalized spacial score (nSPS) is 12.3. The average Bonchev–Trinajstić information content (AvgIpc) is 3.45. The first kappa shape index (κ1) is 20.2. The standard InChI is InChI=1S/C23H24N4O2S/c1-15-13-20(16(2)27(15)14-19-11-8-12-29-19)21(28)17(3)30-23-25-24-22(26(23)4)18-9-6-5-7-10-18/h5-13,17H,14H2,1-4H3/t17-/m0/s1. The lowest BCUT2D eigenvalue weighted by Gasteiger charge is -2.11. The van der Waals surface area contributed by atoms with Gasteiger partial charge in [0.25, 0.3) is 0 Å². The maximum absolute atomic E-state index is 13.2. The summed E-state index contributed by atoms with van der Waals surface area (Å²) in [5.41, 5.74) is 3.73. The van der Waals surface area contributed by atoms with Crippen molar-refractivity contribution >= 4 is 17.5 Å². The first-order valence-electron chi connectivity index (χ1n) is 9.80. The van der Waals surface area contributed by atoms with Gasteiger partial charge in [0, 0.05) is 29.6 Å². The van der Waals surface area contributed by atoms with Gasteiger partial charge >= 0.3 is 0 Å². The number of carbonyl (C=O) groups is 1. The van der Waals surface area contributed by atoms with Crippen LogP contribution in [0.5, 0.6) is 0 Å². The molecule has 0 aliphatic heterocycles. The van der Waals surface area contributed by atoms with Crippen LogP contribution in [0.3, 0.4) is 0 Å². The number of thioether (sulfide) groups is 1. The van der Waals surface area contributed by atoms with Crippen LogP contribution >= 0.6 is 11.8 Å². The number of hydrogen-bond donors (Lipinski definition) is 0. The Hall–Kier alpha value is -3.06. The maximum Gasteiger partial charge on any atom is 0.191 e. The highest BCUT2D eigenvalue weighted by atomic mass is 32.2. The monoisotopic (exact) mass is 420 g/mol. The number of rotatable bonds is 7. The second-order valence-corrected chi connectivity index (χ2v) is 8.61. The summed E-state index contributed by atoms with van der Waals surface area (Å²) in [5.74, 6) is 1.74. The van der Waals surface area contributed by atoms with Crippen LogP contribution in [0, 0.1) is 13.8 Å². The van der Waals surface area contributed by atoms with E-state index >= 15 is 0 Å². The van der Waals surface area contributed by atoms with Crippen molar-refractivity contribution in [2.75, 3.05) is 0 Å². The van der Waals surface area contributed by atoms with E-state index in [0.717, 1.165) is 39.3 Å². The van der Waals surface area contributed by atoms with Crippen LogP contribution in [0.25, 0.3) is 11.4 Å². The topological polar surface area (TPSA) is 65.8 Å². The van der Waals surface area contributed by atoms with Gasteiger partial charge in [0.1, 0.15) is 5.76 Å². The van der Waals surface area contributed by atoms with Gasteiger partial charge in [0.05, 0.1) is 18.1 Å². The zero-order valence-corrected chi connectivity index (χ0v) is 18.3. The minimum Gasteiger partial charge on any atom is -0.467 e. The van der Waals surface area contributed by atoms with Gasteiger partial charge in [0.2, 0.25) is 0 Å². The van der Waals surface area contributed by atoms with E-state index in [1.807, 2.05) is 80.9 Å². The van der Waals surface area contributed by atoms with Gasteiger partial charge < -0.3 is 13.6 Å². The third-order valence-electron chi connectivity index (χ3n) is 5.25. The summed E-state index contributed by atoms with van der Waals surface area (Å²) in [5, 5.41) is 9.06. The average molecular weight is 421 g/mol. The van der Waals surface area contributed by atoms with Crippen molar-refractivity contribution in [3.8, 4) is 11.4 Å². The van der Waals surface area contributed by atoms with Gasteiger partial charge in [-0.1, -0.05) is 42.1 Å². The molecule has 30 heavy (non-hydrogen) atoms. The van der Waals surface area contributed by atoms with Gasteiger partial charge in [-0.25, -0.2) is 0 Å². The van der Waals surface area contributed by atoms with E-state index in [9.17, 15) is 4.79 Å². The molecule has 4 aromatic rings. The van der Waals surface area contributed by atoms with Crippen molar-refractivity contribution in [2.24, 2.45) is 7.05 Å². The summed E-state index contributed by atoms with van der Waals surface area (Å²) in [4.78, 5) is 13.2. The van der Waals surface area contributed by atoms with Crippen LogP contribution in [-0.4, -0.2) is 30.4 Å². The minimum absolute atomic E-state index is 0.0862. The molecule has 4 rings (SSSR count). The molecule has 1 aromatic carbocycles. The number of ketones is 1. The largest absolute Gasteiger partial charge is 0.467 e. The van der Waals surface area contributed by atoms with Gasteiger partial charge in [-0.3, -0.25) is 4.79 Å². The predicted octanol–water partition coefficient (Wildman–Crippen LogP) is 4.91. The van der Waals surface area contributed by atoms with E-state index in [1.165, 1.54) is 11.8 Å². The van der Waals surface area contributed by atoms with Gasteiger partial charge in [-0.15, -0.1) is 10.2 Å². The third kappa shape index (κ3) is 3.85. The summed E-state index contributed by atoms with van der Waals surface area (Å²) in [6, 6.07) is 15.7. The Morgan fingerprint density at radius 2 is 1.90 bits per heavy atom. The van der Waals surface area contributed by atoms with Gasteiger partial charge in [-0.05, 0) is 39.0 Å². The van der Waals surface area contributed by atoms with Gasteiger partial charge in [-0.2, -0.15) is 0 Å². The highest BCUT2D eigenvalue weighted by molar-refractivity contribution is 8.00. The lowest BCUT2D eigenvalue weighted by Crippen LogP contribution is -2.15. The number of furan rings is 1. The smallest absolute Gasteiger partial charge is 0.191 e. The molecule has 0 N–H and O–H groups in total. The van der Waals surface area contributed by atoms with Crippen LogP contribution in [0.15, 0.2) is 64.4 Å². The number of Topliss-reactive ketones (excluding diaryl/α,β-unsaturated/α-hetero) is 1. The van der Waals surface area contributed by atoms with E-state index in [2.05, 4.69) is 14.8 Å². The van der Waals surface area contributed by atoms with E-state index in [1.54, 1.807) is 6.26 Å². The van der Waals surface area contributed by atoms with Crippen LogP contribution in [0.4, 0.5) is 0 Å². The number of carbonyl (C=O) groups excluding carboxylic acids is 1. The molecular weight excluding hydrogens is 396 g/mol. The fraction of sp³-hybridized carbons (Fsp3) is 0.261. The molecule has 3 heterocycles. The number of nitrogens with zero attached hydrogens (tertiary/aromatic N) is 4. The van der Waals surface area contributed by atoms with Crippen molar-refractivity contribution in [2.45, 2.75) is 37.7 Å². The van der Waals surface area contributed by atoms with E-state index in [4.69, 9.17) is 4.42 Å². The zero-order valence-electron chi connectivity index (χ0n) is 17.5. The lowest BCUT2D eigenvalue weighted by molar-refractivity contribution is 0.0993. The highest BCUT2D eigenvalue weighted by Gasteiger charge is 2.24. The Bertz CT molecular complexity index is 1160. The molecule has 0 bridgehead atoms. The first-order valence-corrected chi connectivity index (χ1v) is 10.7. The molecule has 0 aliphatic rings. The Morgan fingerprint density at radius 3 is 2.60 bits per heavy atom. The molecule has 0 aliphatic carbocycles. The third-order valence-corrected chi connectivity index (χ3v) is 6.39. The van der Waals surface area contributed by atoms with Crippen LogP contribution in [0.2, 0.25) is 0 Å². The van der Waals surface area contributed by atoms with E-state index in [0.29, 0.717) is 6.54 Å². The molecule has 0 saturated carbocycles. The molecule has 7 heteroatoms. The molecule has 0 radical (unpaired) electrons. The molecule has 6 nitrogen and oxygen atoms in total. The molecule has 0 unspecified atom stereocenters. The summed E-state index contributed by atoms with van der Waals surface area (Å²) in [6.07, 6.45) is 1.67. The van der Waals surface area contributed by atoms with Crippen molar-refractivity contribution in [3.05, 3.63) is 77.5 Å². The Kier molecular flexibility index (Phi) is 5.63. The number of benzene rings is 1. The van der Waals surface area contributed by atoms with Crippen molar-refractivity contribution in [1.29, 1.82) is 0 Å². The maximum atomic E-state index is 13.2. The summed E-state index contributed by atoms with van der Waals surface area (Å²) >= 11 is 1.43. The number of aryl methyl sites for hydroxylation is 1. The molecule has 3 aromatic heterocycles. The Morgan fingerprint density at radius 1 is 1.13 bits per heavy atom. The van der Waals surface area contributed by atoms with Gasteiger partial charge in [0.15, 0.2) is 16.8 Å². The SMILES string of the molecule is Cc1cc(C(=O)[C@H](C)Sc2nnc(-c3ccccc3)n2C)c(C)n1Cc1ccco1. The molecule has 0 spiro atoms. The highest BCUT2D eigenvalue weighted by Crippen LogP contribution is 2.29. The fourth-order valence-corrected chi connectivity index (χ4v) is 4.42. The second-order valence-electron chi connectivity index (χ2n) is 7.31. The molecule has 1 atom stereocenters. The summed E-state index contributed by atoms with van der Waals surface area (Å²) < 4.78 is 9.51. The van der Waals surface area contributed by atoms with Crippen LogP contribution in [0.1, 0.15) is 34.4 Å². The van der Waals surface area contributed by atoms with Crippen molar-refractivity contribution in [1.82, 2.24) is 19.3 Å². The van der Waals surface area contributed by atoms with Crippen LogP contribution in [-0.2, 0) is 13.6 Å². The van der Waals surface area contributed by atoms with Crippen molar-refractivity contribution in [3.63, 3.8) is 0 Å². The van der Waals surface area contributed by atoms with Crippen LogP contribution < -0.4 is 0 Å². The van der Waals surface area contributed by atoms with E-state index in [-0.39, 0.29) is 11.0 Å². The Balaban J connectivity index is 1.53. The molecule has 154 valence electrons. The molecule has 0 amide bonds. The second kappa shape index (κ2) is 8.36. The number of hydrogen-bond acceptors (Lipinski definition) is 5. The van der Waals surface area contributed by atoms with Crippen molar-refractivity contribution < 1.29 is 9.21 Å². The lowest BCUT2D eigenvalue weighted by atomic mass is 10.1. The first-order chi connectivity index (χ1) is 14.5. The zero-order chi connectivity index (χ0) is 21.3. The molecule has 0 saturated heterocycles. The quantitative estimate of drug-likeness (QED) is 0.314. The molecular formula is C23H24N4O2S. The minimum atomic E-state index is -0.283. The fourth-order valence-electron chi connectivity index (χ4n) is 3.54. The predicted molar refractivity (Wildman–Crippen MR) is 118 cm³/mol.